The number of pyridine rings is 1. The van der Waals surface area contributed by atoms with E-state index >= 15 is 0 Å². The number of anilines is 1. The van der Waals surface area contributed by atoms with E-state index in [0.717, 1.165) is 11.3 Å². The molecule has 3 amide bonds. The molecule has 2 N–H and O–H groups in total. The number of thioether (sulfide) groups is 1. The first-order valence-electron chi connectivity index (χ1n) is 10.9. The SMILES string of the molecule is CSCCC(NC(=O)c1cccc(C)c1)C(=O)N1CCC(C(=O)Nc2ccc(Cl)cn2)CC1. The van der Waals surface area contributed by atoms with E-state index in [0.29, 0.717) is 48.8 Å². The third-order valence-electron chi connectivity index (χ3n) is 5.65. The van der Waals surface area contributed by atoms with Crippen LogP contribution in [0.2, 0.25) is 5.02 Å². The lowest BCUT2D eigenvalue weighted by Gasteiger charge is -2.34. The van der Waals surface area contributed by atoms with E-state index in [1.807, 2.05) is 31.4 Å². The molecule has 0 bridgehead atoms. The van der Waals surface area contributed by atoms with Crippen molar-refractivity contribution >= 4 is 46.9 Å². The summed E-state index contributed by atoms with van der Waals surface area (Å²) in [6.45, 7) is 2.87. The number of piperidine rings is 1. The number of likely N-dealkylation sites (tertiary alicyclic amines) is 1. The van der Waals surface area contributed by atoms with Gasteiger partial charge in [0.15, 0.2) is 0 Å². The zero-order valence-electron chi connectivity index (χ0n) is 18.8. The molecule has 3 rings (SSSR count). The number of carbonyl (C=O) groups is 3. The first-order valence-corrected chi connectivity index (χ1v) is 12.7. The van der Waals surface area contributed by atoms with Crippen LogP contribution in [0, 0.1) is 12.8 Å². The molecule has 7 nitrogen and oxygen atoms in total. The monoisotopic (exact) mass is 488 g/mol. The number of rotatable bonds is 8. The summed E-state index contributed by atoms with van der Waals surface area (Å²) in [5, 5.41) is 6.24. The zero-order chi connectivity index (χ0) is 23.8. The second-order valence-corrected chi connectivity index (χ2v) is 9.55. The fourth-order valence-corrected chi connectivity index (χ4v) is 4.36. The molecule has 2 heterocycles. The summed E-state index contributed by atoms with van der Waals surface area (Å²) in [5.41, 5.74) is 1.53. The maximum atomic E-state index is 13.2. The van der Waals surface area contributed by atoms with Gasteiger partial charge in [0.25, 0.3) is 5.91 Å². The van der Waals surface area contributed by atoms with E-state index in [-0.39, 0.29) is 23.6 Å². The number of carbonyl (C=O) groups excluding carboxylic acids is 3. The molecule has 9 heteroatoms. The maximum Gasteiger partial charge on any atom is 0.251 e. The number of hydrogen-bond donors (Lipinski definition) is 2. The number of aryl methyl sites for hydroxylation is 1. The molecule has 1 fully saturated rings. The minimum Gasteiger partial charge on any atom is -0.341 e. The third kappa shape index (κ3) is 7.20. The van der Waals surface area contributed by atoms with Crippen LogP contribution >= 0.6 is 23.4 Å². The van der Waals surface area contributed by atoms with Crippen LogP contribution < -0.4 is 10.6 Å². The molecule has 0 spiro atoms. The van der Waals surface area contributed by atoms with E-state index in [1.165, 1.54) is 6.20 Å². The average Bonchev–Trinajstić information content (AvgIpc) is 2.82. The molecule has 2 aromatic rings. The number of hydrogen-bond acceptors (Lipinski definition) is 5. The third-order valence-corrected chi connectivity index (χ3v) is 6.52. The number of benzene rings is 1. The van der Waals surface area contributed by atoms with Crippen molar-refractivity contribution in [1.82, 2.24) is 15.2 Å². The van der Waals surface area contributed by atoms with Gasteiger partial charge in [-0.15, -0.1) is 0 Å². The van der Waals surface area contributed by atoms with Gasteiger partial charge in [-0.25, -0.2) is 4.98 Å². The Morgan fingerprint density at radius 1 is 1.21 bits per heavy atom. The van der Waals surface area contributed by atoms with Crippen LogP contribution in [-0.4, -0.2) is 58.7 Å². The summed E-state index contributed by atoms with van der Waals surface area (Å²) in [5.74, 6) is 0.573. The molecule has 1 saturated heterocycles. The fourth-order valence-electron chi connectivity index (χ4n) is 3.78. The molecule has 0 aliphatic carbocycles. The molecule has 1 aliphatic rings. The second-order valence-electron chi connectivity index (χ2n) is 8.13. The van der Waals surface area contributed by atoms with Gasteiger partial charge in [0.2, 0.25) is 11.8 Å². The van der Waals surface area contributed by atoms with E-state index < -0.39 is 6.04 Å². The van der Waals surface area contributed by atoms with Crippen molar-refractivity contribution in [3.05, 3.63) is 58.7 Å². The lowest BCUT2D eigenvalue weighted by Crippen LogP contribution is -2.51. The smallest absolute Gasteiger partial charge is 0.251 e. The van der Waals surface area contributed by atoms with Crippen LogP contribution in [0.1, 0.15) is 35.2 Å². The summed E-state index contributed by atoms with van der Waals surface area (Å²) in [6, 6.07) is 10.1. The van der Waals surface area contributed by atoms with Gasteiger partial charge in [-0.2, -0.15) is 11.8 Å². The van der Waals surface area contributed by atoms with E-state index in [9.17, 15) is 14.4 Å². The Balaban J connectivity index is 1.56. The molecular formula is C24H29ClN4O3S. The van der Waals surface area contributed by atoms with Crippen molar-refractivity contribution in [3.63, 3.8) is 0 Å². The summed E-state index contributed by atoms with van der Waals surface area (Å²) >= 11 is 7.47. The van der Waals surface area contributed by atoms with Crippen LogP contribution in [0.5, 0.6) is 0 Å². The summed E-state index contributed by atoms with van der Waals surface area (Å²) in [7, 11) is 0. The van der Waals surface area contributed by atoms with Gasteiger partial charge < -0.3 is 15.5 Å². The standard InChI is InChI=1S/C24H29ClN4O3S/c1-16-4-3-5-18(14-16)23(31)27-20(10-13-33-2)24(32)29-11-8-17(9-12-29)22(30)28-21-7-6-19(25)15-26-21/h3-7,14-15,17,20H,8-13H2,1-2H3,(H,27,31)(H,26,28,30). The van der Waals surface area contributed by atoms with Gasteiger partial charge in [0.1, 0.15) is 11.9 Å². The average molecular weight is 489 g/mol. The molecule has 0 saturated carbocycles. The quantitative estimate of drug-likeness (QED) is 0.590. The predicted octanol–water partition coefficient (Wildman–Crippen LogP) is 3.77. The van der Waals surface area contributed by atoms with E-state index in [1.54, 1.807) is 34.9 Å². The normalized spacial score (nSPS) is 15.1. The summed E-state index contributed by atoms with van der Waals surface area (Å²) < 4.78 is 0. The first-order chi connectivity index (χ1) is 15.9. The van der Waals surface area contributed by atoms with E-state index in [4.69, 9.17) is 11.6 Å². The van der Waals surface area contributed by atoms with Crippen molar-refractivity contribution < 1.29 is 14.4 Å². The van der Waals surface area contributed by atoms with Crippen molar-refractivity contribution in [2.24, 2.45) is 5.92 Å². The Bertz CT molecular complexity index is 978. The highest BCUT2D eigenvalue weighted by molar-refractivity contribution is 7.98. The second kappa shape index (κ2) is 12.0. The Kier molecular flexibility index (Phi) is 9.14. The fraction of sp³-hybridized carbons (Fsp3) is 0.417. The molecule has 176 valence electrons. The Labute approximate surface area is 203 Å². The van der Waals surface area contributed by atoms with Gasteiger partial charge in [0.05, 0.1) is 5.02 Å². The van der Waals surface area contributed by atoms with Crippen LogP contribution in [0.15, 0.2) is 42.6 Å². The molecule has 1 atom stereocenters. The predicted molar refractivity (Wildman–Crippen MR) is 133 cm³/mol. The largest absolute Gasteiger partial charge is 0.341 e. The van der Waals surface area contributed by atoms with Crippen molar-refractivity contribution in [1.29, 1.82) is 0 Å². The number of nitrogens with zero attached hydrogens (tertiary/aromatic N) is 2. The van der Waals surface area contributed by atoms with Gasteiger partial charge in [0, 0.05) is 30.8 Å². The Hall–Kier alpha value is -2.58. The first kappa shape index (κ1) is 25.1. The van der Waals surface area contributed by atoms with Crippen LogP contribution in [0.3, 0.4) is 0 Å². The highest BCUT2D eigenvalue weighted by Crippen LogP contribution is 2.21. The van der Waals surface area contributed by atoms with Gasteiger partial charge in [-0.1, -0.05) is 29.3 Å². The maximum absolute atomic E-state index is 13.2. The van der Waals surface area contributed by atoms with Gasteiger partial charge in [-0.05, 0) is 62.5 Å². The van der Waals surface area contributed by atoms with Crippen LogP contribution in [0.25, 0.3) is 0 Å². The minimum atomic E-state index is -0.589. The molecule has 1 unspecified atom stereocenters. The molecule has 1 aromatic heterocycles. The molecule has 1 aliphatic heterocycles. The van der Waals surface area contributed by atoms with Crippen LogP contribution in [0.4, 0.5) is 5.82 Å². The Morgan fingerprint density at radius 2 is 1.97 bits per heavy atom. The molecule has 1 aromatic carbocycles. The Morgan fingerprint density at radius 3 is 2.61 bits per heavy atom. The topological polar surface area (TPSA) is 91.4 Å². The number of halogens is 1. The van der Waals surface area contributed by atoms with Crippen molar-refractivity contribution in [2.75, 3.05) is 30.4 Å². The van der Waals surface area contributed by atoms with Crippen LogP contribution in [-0.2, 0) is 9.59 Å². The van der Waals surface area contributed by atoms with E-state index in [2.05, 4.69) is 15.6 Å². The highest BCUT2D eigenvalue weighted by Gasteiger charge is 2.31. The number of nitrogens with one attached hydrogen (secondary N) is 2. The lowest BCUT2D eigenvalue weighted by molar-refractivity contribution is -0.136. The zero-order valence-corrected chi connectivity index (χ0v) is 20.4. The summed E-state index contributed by atoms with van der Waals surface area (Å²) in [6.07, 6.45) is 5.14. The highest BCUT2D eigenvalue weighted by atomic mass is 35.5. The number of amides is 3. The molecule has 33 heavy (non-hydrogen) atoms. The lowest BCUT2D eigenvalue weighted by atomic mass is 9.95. The number of aromatic nitrogens is 1. The van der Waals surface area contributed by atoms with Gasteiger partial charge in [-0.3, -0.25) is 14.4 Å². The minimum absolute atomic E-state index is 0.0942. The van der Waals surface area contributed by atoms with Gasteiger partial charge >= 0.3 is 0 Å². The molecular weight excluding hydrogens is 460 g/mol. The summed E-state index contributed by atoms with van der Waals surface area (Å²) in [4.78, 5) is 44.4. The van der Waals surface area contributed by atoms with Crippen molar-refractivity contribution in [3.8, 4) is 0 Å². The molecule has 0 radical (unpaired) electrons. The van der Waals surface area contributed by atoms with Crippen molar-refractivity contribution in [2.45, 2.75) is 32.2 Å².